The number of nitrogens with zero attached hydrogens (tertiary/aromatic N) is 2. The van der Waals surface area contributed by atoms with Crippen molar-refractivity contribution in [1.82, 2.24) is 15.6 Å². The SMILES string of the molecule is CN=C(NCCc1ccc2c(c1)OCO2)NCCc1coc(-c2ccc(C)cc2)n1.I. The molecule has 0 saturated heterocycles. The van der Waals surface area contributed by atoms with Gasteiger partial charge in [0.05, 0.1) is 5.69 Å². The van der Waals surface area contributed by atoms with Gasteiger partial charge in [-0.3, -0.25) is 4.99 Å². The van der Waals surface area contributed by atoms with Gasteiger partial charge < -0.3 is 24.5 Å². The van der Waals surface area contributed by atoms with E-state index >= 15 is 0 Å². The van der Waals surface area contributed by atoms with Gasteiger partial charge in [0, 0.05) is 32.1 Å². The third-order valence-electron chi connectivity index (χ3n) is 4.89. The number of benzene rings is 2. The third kappa shape index (κ3) is 6.13. The van der Waals surface area contributed by atoms with Crippen LogP contribution in [0.3, 0.4) is 0 Å². The van der Waals surface area contributed by atoms with Gasteiger partial charge in [0.2, 0.25) is 12.7 Å². The summed E-state index contributed by atoms with van der Waals surface area (Å²) < 4.78 is 16.4. The molecule has 8 heteroatoms. The molecule has 0 unspecified atom stereocenters. The van der Waals surface area contributed by atoms with Crippen LogP contribution in [0.4, 0.5) is 0 Å². The van der Waals surface area contributed by atoms with Crippen molar-refractivity contribution in [2.75, 3.05) is 26.9 Å². The molecule has 0 bridgehead atoms. The largest absolute Gasteiger partial charge is 0.454 e. The Morgan fingerprint density at radius 3 is 2.52 bits per heavy atom. The van der Waals surface area contributed by atoms with E-state index in [1.165, 1.54) is 11.1 Å². The highest BCUT2D eigenvalue weighted by Crippen LogP contribution is 2.32. The molecule has 4 rings (SSSR count). The standard InChI is InChI=1S/C23H26N4O3.HI/c1-16-3-6-18(7-4-16)22-27-19(14-28-22)10-12-26-23(24-2)25-11-9-17-5-8-20-21(13-17)30-15-29-20;/h3-8,13-14H,9-12,15H2,1-2H3,(H2,24,25,26);1H. The number of ether oxygens (including phenoxy) is 2. The molecule has 0 atom stereocenters. The molecule has 2 aromatic carbocycles. The first-order chi connectivity index (χ1) is 14.7. The fourth-order valence-corrected chi connectivity index (χ4v) is 3.20. The first kappa shape index (κ1) is 22.9. The molecule has 31 heavy (non-hydrogen) atoms. The topological polar surface area (TPSA) is 80.9 Å². The smallest absolute Gasteiger partial charge is 0.231 e. The van der Waals surface area contributed by atoms with Crippen molar-refractivity contribution in [3.63, 3.8) is 0 Å². The average Bonchev–Trinajstić information content (AvgIpc) is 3.42. The summed E-state index contributed by atoms with van der Waals surface area (Å²) in [5.74, 6) is 3.03. The number of guanidine groups is 1. The lowest BCUT2D eigenvalue weighted by molar-refractivity contribution is 0.174. The molecule has 7 nitrogen and oxygen atoms in total. The zero-order valence-corrected chi connectivity index (χ0v) is 20.0. The number of halogens is 1. The molecule has 1 aliphatic rings. The summed E-state index contributed by atoms with van der Waals surface area (Å²) in [6.45, 7) is 3.84. The molecule has 0 fully saturated rings. The summed E-state index contributed by atoms with van der Waals surface area (Å²) in [6, 6.07) is 14.2. The first-order valence-corrected chi connectivity index (χ1v) is 10.1. The predicted octanol–water partition coefficient (Wildman–Crippen LogP) is 3.95. The molecule has 2 heterocycles. The highest BCUT2D eigenvalue weighted by molar-refractivity contribution is 14.0. The zero-order valence-electron chi connectivity index (χ0n) is 17.7. The van der Waals surface area contributed by atoms with Gasteiger partial charge in [0.1, 0.15) is 6.26 Å². The number of rotatable bonds is 7. The van der Waals surface area contributed by atoms with Crippen molar-refractivity contribution >= 4 is 29.9 Å². The maximum absolute atomic E-state index is 5.62. The molecule has 1 aromatic heterocycles. The maximum atomic E-state index is 5.62. The Balaban J connectivity index is 0.00000272. The van der Waals surface area contributed by atoms with Gasteiger partial charge in [-0.1, -0.05) is 23.8 Å². The molecule has 0 radical (unpaired) electrons. The fraction of sp³-hybridized carbons (Fsp3) is 0.304. The molecular weight excluding hydrogens is 507 g/mol. The summed E-state index contributed by atoms with van der Waals surface area (Å²) in [6.07, 6.45) is 3.32. The molecule has 3 aromatic rings. The van der Waals surface area contributed by atoms with Crippen LogP contribution in [0.2, 0.25) is 0 Å². The van der Waals surface area contributed by atoms with E-state index in [0.717, 1.165) is 48.1 Å². The summed E-state index contributed by atoms with van der Waals surface area (Å²) in [4.78, 5) is 8.85. The van der Waals surface area contributed by atoms with E-state index in [-0.39, 0.29) is 24.0 Å². The van der Waals surface area contributed by atoms with E-state index in [1.54, 1.807) is 13.3 Å². The third-order valence-corrected chi connectivity index (χ3v) is 4.89. The Morgan fingerprint density at radius 2 is 1.74 bits per heavy atom. The molecule has 2 N–H and O–H groups in total. The molecule has 164 valence electrons. The van der Waals surface area contributed by atoms with Gasteiger partial charge in [-0.25, -0.2) is 4.98 Å². The summed E-state index contributed by atoms with van der Waals surface area (Å²) >= 11 is 0. The van der Waals surface area contributed by atoms with Gasteiger partial charge >= 0.3 is 0 Å². The number of fused-ring (bicyclic) bond motifs is 1. The van der Waals surface area contributed by atoms with E-state index < -0.39 is 0 Å². The molecule has 0 spiro atoms. The number of aromatic nitrogens is 1. The van der Waals surface area contributed by atoms with Crippen molar-refractivity contribution in [2.24, 2.45) is 4.99 Å². The molecule has 0 saturated carbocycles. The number of hydrogen-bond donors (Lipinski definition) is 2. The lowest BCUT2D eigenvalue weighted by atomic mass is 10.1. The van der Waals surface area contributed by atoms with E-state index in [1.807, 2.05) is 24.3 Å². The van der Waals surface area contributed by atoms with Crippen molar-refractivity contribution in [3.8, 4) is 23.0 Å². The number of aliphatic imine (C=N–C) groups is 1. The minimum atomic E-state index is 0. The van der Waals surface area contributed by atoms with Crippen LogP contribution in [0.25, 0.3) is 11.5 Å². The average molecular weight is 534 g/mol. The maximum Gasteiger partial charge on any atom is 0.231 e. The Bertz CT molecular complexity index is 1020. The Kier molecular flexibility index (Phi) is 8.16. The van der Waals surface area contributed by atoms with E-state index in [4.69, 9.17) is 13.9 Å². The van der Waals surface area contributed by atoms with Crippen LogP contribution in [0.1, 0.15) is 16.8 Å². The van der Waals surface area contributed by atoms with Crippen molar-refractivity contribution in [1.29, 1.82) is 0 Å². The Labute approximate surface area is 199 Å². The van der Waals surface area contributed by atoms with Gasteiger partial charge in [-0.2, -0.15) is 0 Å². The molecule has 1 aliphatic heterocycles. The Morgan fingerprint density at radius 1 is 1.00 bits per heavy atom. The predicted molar refractivity (Wildman–Crippen MR) is 131 cm³/mol. The lowest BCUT2D eigenvalue weighted by Gasteiger charge is -2.11. The van der Waals surface area contributed by atoms with Gasteiger partial charge in [-0.05, 0) is 43.2 Å². The number of oxazole rings is 1. The van der Waals surface area contributed by atoms with Gasteiger partial charge in [0.25, 0.3) is 0 Å². The van der Waals surface area contributed by atoms with Crippen molar-refractivity contribution in [2.45, 2.75) is 19.8 Å². The van der Waals surface area contributed by atoms with Crippen LogP contribution in [0.5, 0.6) is 11.5 Å². The van der Waals surface area contributed by atoms with Crippen molar-refractivity contribution < 1.29 is 13.9 Å². The zero-order chi connectivity index (χ0) is 20.8. The van der Waals surface area contributed by atoms with Crippen LogP contribution >= 0.6 is 24.0 Å². The summed E-state index contributed by atoms with van der Waals surface area (Å²) in [7, 11) is 1.77. The second-order valence-corrected chi connectivity index (χ2v) is 7.12. The quantitative estimate of drug-likeness (QED) is 0.272. The second-order valence-electron chi connectivity index (χ2n) is 7.12. The number of hydrogen-bond acceptors (Lipinski definition) is 5. The van der Waals surface area contributed by atoms with Crippen LogP contribution in [-0.4, -0.2) is 37.9 Å². The van der Waals surface area contributed by atoms with Gasteiger partial charge in [0.15, 0.2) is 17.5 Å². The number of nitrogens with one attached hydrogen (secondary N) is 2. The normalized spacial score (nSPS) is 12.4. The van der Waals surface area contributed by atoms with Gasteiger partial charge in [-0.15, -0.1) is 24.0 Å². The fourth-order valence-electron chi connectivity index (χ4n) is 3.20. The monoisotopic (exact) mass is 534 g/mol. The Hall–Kier alpha value is -2.75. The second kappa shape index (κ2) is 11.0. The first-order valence-electron chi connectivity index (χ1n) is 10.1. The van der Waals surface area contributed by atoms with Crippen LogP contribution in [-0.2, 0) is 12.8 Å². The number of aryl methyl sites for hydroxylation is 1. The highest BCUT2D eigenvalue weighted by Gasteiger charge is 2.13. The molecular formula is C23H27IN4O3. The van der Waals surface area contributed by atoms with Crippen LogP contribution in [0.15, 0.2) is 58.1 Å². The molecule has 0 amide bonds. The van der Waals surface area contributed by atoms with E-state index in [0.29, 0.717) is 19.2 Å². The van der Waals surface area contributed by atoms with Crippen LogP contribution < -0.4 is 20.1 Å². The minimum absolute atomic E-state index is 0. The van der Waals surface area contributed by atoms with Crippen LogP contribution in [0, 0.1) is 6.92 Å². The minimum Gasteiger partial charge on any atom is -0.454 e. The lowest BCUT2D eigenvalue weighted by Crippen LogP contribution is -2.39. The highest BCUT2D eigenvalue weighted by atomic mass is 127. The van der Waals surface area contributed by atoms with E-state index in [2.05, 4.69) is 45.7 Å². The summed E-state index contributed by atoms with van der Waals surface area (Å²) in [5, 5.41) is 6.65. The molecule has 0 aliphatic carbocycles. The van der Waals surface area contributed by atoms with E-state index in [9.17, 15) is 0 Å². The van der Waals surface area contributed by atoms with Crippen molar-refractivity contribution in [3.05, 3.63) is 65.5 Å². The summed E-state index contributed by atoms with van der Waals surface area (Å²) in [5.41, 5.74) is 4.30.